The van der Waals surface area contributed by atoms with E-state index in [1.807, 2.05) is 6.07 Å². The molecular weight excluding hydrogens is 218 g/mol. The first-order valence-corrected chi connectivity index (χ1v) is 5.47. The van der Waals surface area contributed by atoms with E-state index in [1.165, 1.54) is 5.56 Å². The third kappa shape index (κ3) is 2.01. The largest absolute Gasteiger partial charge is 0.493 e. The molecular formula is C11H13N5O. The van der Waals surface area contributed by atoms with Gasteiger partial charge in [0.1, 0.15) is 5.75 Å². The predicted octanol–water partition coefficient (Wildman–Crippen LogP) is 0.934. The molecule has 88 valence electrons. The van der Waals surface area contributed by atoms with E-state index in [9.17, 15) is 0 Å². The molecule has 4 N–H and O–H groups in total. The summed E-state index contributed by atoms with van der Waals surface area (Å²) in [6.45, 7) is 1.43. The summed E-state index contributed by atoms with van der Waals surface area (Å²) in [6.07, 6.45) is 1.00. The predicted molar refractivity (Wildman–Crippen MR) is 63.8 cm³/mol. The number of nitrogen functional groups attached to an aromatic ring is 1. The van der Waals surface area contributed by atoms with Gasteiger partial charge in [0.05, 0.1) is 6.61 Å². The Bertz CT molecular complexity index is 536. The van der Waals surface area contributed by atoms with Crippen LogP contribution in [0.5, 0.6) is 5.75 Å². The first kappa shape index (κ1) is 9.95. The number of H-pyrrole nitrogens is 1. The third-order valence-electron chi connectivity index (χ3n) is 2.71. The number of nitrogens with one attached hydrogen (secondary N) is 2. The van der Waals surface area contributed by atoms with Crippen LogP contribution in [0.2, 0.25) is 0 Å². The van der Waals surface area contributed by atoms with E-state index >= 15 is 0 Å². The molecule has 0 bridgehead atoms. The lowest BCUT2D eigenvalue weighted by atomic mass is 10.1. The monoisotopic (exact) mass is 231 g/mol. The van der Waals surface area contributed by atoms with Gasteiger partial charge in [0.15, 0.2) is 0 Å². The summed E-state index contributed by atoms with van der Waals surface area (Å²) >= 11 is 0. The highest BCUT2D eigenvalue weighted by Gasteiger charge is 2.11. The van der Waals surface area contributed by atoms with Crippen LogP contribution in [0.25, 0.3) is 0 Å². The van der Waals surface area contributed by atoms with Crippen LogP contribution in [0.15, 0.2) is 18.2 Å². The molecule has 0 atom stereocenters. The van der Waals surface area contributed by atoms with Gasteiger partial charge in [-0.05, 0) is 17.2 Å². The van der Waals surface area contributed by atoms with Crippen molar-refractivity contribution in [3.63, 3.8) is 0 Å². The van der Waals surface area contributed by atoms with E-state index < -0.39 is 0 Å². The number of nitrogens with zero attached hydrogens (tertiary/aromatic N) is 2. The Kier molecular flexibility index (Phi) is 2.32. The zero-order chi connectivity index (χ0) is 11.7. The highest BCUT2D eigenvalue weighted by atomic mass is 16.5. The fourth-order valence-electron chi connectivity index (χ4n) is 1.86. The Morgan fingerprint density at radius 2 is 2.41 bits per heavy atom. The quantitative estimate of drug-likeness (QED) is 0.731. The van der Waals surface area contributed by atoms with E-state index in [1.54, 1.807) is 0 Å². The number of anilines is 2. The summed E-state index contributed by atoms with van der Waals surface area (Å²) in [6, 6.07) is 6.23. The third-order valence-corrected chi connectivity index (χ3v) is 2.71. The Balaban J connectivity index is 1.69. The van der Waals surface area contributed by atoms with Gasteiger partial charge in [-0.2, -0.15) is 4.98 Å². The summed E-state index contributed by atoms with van der Waals surface area (Å²) in [5.74, 6) is 1.80. The zero-order valence-corrected chi connectivity index (χ0v) is 9.23. The van der Waals surface area contributed by atoms with Gasteiger partial charge in [-0.1, -0.05) is 12.1 Å². The smallest absolute Gasteiger partial charge is 0.243 e. The van der Waals surface area contributed by atoms with Crippen LogP contribution >= 0.6 is 0 Å². The lowest BCUT2D eigenvalue weighted by Crippen LogP contribution is -2.01. The summed E-state index contributed by atoms with van der Waals surface area (Å²) in [7, 11) is 0. The molecule has 2 heterocycles. The van der Waals surface area contributed by atoms with Gasteiger partial charge >= 0.3 is 0 Å². The lowest BCUT2D eigenvalue weighted by Gasteiger charge is -2.04. The van der Waals surface area contributed by atoms with E-state index in [2.05, 4.69) is 32.6 Å². The number of benzene rings is 1. The van der Waals surface area contributed by atoms with Crippen molar-refractivity contribution < 1.29 is 4.74 Å². The standard InChI is InChI=1S/C11H13N5O/c12-10-14-11(16-15-10)13-6-7-1-2-8-3-4-17-9(8)5-7/h1-2,5H,3-4,6H2,(H4,12,13,14,15,16). The first-order valence-electron chi connectivity index (χ1n) is 5.47. The zero-order valence-electron chi connectivity index (χ0n) is 9.23. The summed E-state index contributed by atoms with van der Waals surface area (Å²) in [5.41, 5.74) is 7.84. The Morgan fingerprint density at radius 3 is 3.24 bits per heavy atom. The van der Waals surface area contributed by atoms with Crippen molar-refractivity contribution in [3.05, 3.63) is 29.3 Å². The molecule has 0 fully saturated rings. The number of fused-ring (bicyclic) bond motifs is 1. The number of hydrogen-bond donors (Lipinski definition) is 3. The minimum Gasteiger partial charge on any atom is -0.493 e. The van der Waals surface area contributed by atoms with Crippen LogP contribution < -0.4 is 15.8 Å². The molecule has 0 unspecified atom stereocenters. The maximum Gasteiger partial charge on any atom is 0.243 e. The SMILES string of the molecule is Nc1nc(NCc2ccc3c(c2)OCC3)n[nH]1. The van der Waals surface area contributed by atoms with Gasteiger partial charge in [0, 0.05) is 13.0 Å². The van der Waals surface area contributed by atoms with Crippen LogP contribution in [-0.2, 0) is 13.0 Å². The average molecular weight is 231 g/mol. The highest BCUT2D eigenvalue weighted by Crippen LogP contribution is 2.26. The van der Waals surface area contributed by atoms with Crippen molar-refractivity contribution in [1.82, 2.24) is 15.2 Å². The second-order valence-electron chi connectivity index (χ2n) is 3.94. The van der Waals surface area contributed by atoms with Gasteiger partial charge < -0.3 is 15.8 Å². The van der Waals surface area contributed by atoms with E-state index in [4.69, 9.17) is 10.5 Å². The summed E-state index contributed by atoms with van der Waals surface area (Å²) in [5, 5.41) is 9.56. The molecule has 0 radical (unpaired) electrons. The molecule has 1 aliphatic heterocycles. The number of rotatable bonds is 3. The second-order valence-corrected chi connectivity index (χ2v) is 3.94. The molecule has 6 heteroatoms. The first-order chi connectivity index (χ1) is 8.31. The summed E-state index contributed by atoms with van der Waals surface area (Å²) in [4.78, 5) is 3.97. The van der Waals surface area contributed by atoms with Gasteiger partial charge in [-0.15, -0.1) is 5.10 Å². The molecule has 0 amide bonds. The highest BCUT2D eigenvalue weighted by molar-refractivity contribution is 5.41. The average Bonchev–Trinajstić information content (AvgIpc) is 2.94. The van der Waals surface area contributed by atoms with Gasteiger partial charge in [-0.3, -0.25) is 0 Å². The van der Waals surface area contributed by atoms with Crippen LogP contribution in [0.3, 0.4) is 0 Å². The molecule has 1 aliphatic rings. The van der Waals surface area contributed by atoms with Gasteiger partial charge in [-0.25, -0.2) is 5.10 Å². The van der Waals surface area contributed by atoms with Crippen molar-refractivity contribution in [3.8, 4) is 5.75 Å². The van der Waals surface area contributed by atoms with E-state index in [-0.39, 0.29) is 0 Å². The number of ether oxygens (including phenoxy) is 1. The molecule has 3 rings (SSSR count). The lowest BCUT2D eigenvalue weighted by molar-refractivity contribution is 0.356. The Hall–Kier alpha value is -2.24. The molecule has 1 aromatic heterocycles. The van der Waals surface area contributed by atoms with Crippen LogP contribution in [0.4, 0.5) is 11.9 Å². The number of aromatic amines is 1. The maximum atomic E-state index is 5.51. The molecule has 2 aromatic rings. The minimum atomic E-state index is 0.310. The van der Waals surface area contributed by atoms with Crippen molar-refractivity contribution in [1.29, 1.82) is 0 Å². The molecule has 0 saturated heterocycles. The number of nitrogens with two attached hydrogens (primary N) is 1. The van der Waals surface area contributed by atoms with E-state index in [0.717, 1.165) is 24.3 Å². The molecule has 0 saturated carbocycles. The van der Waals surface area contributed by atoms with Gasteiger partial charge in [0.25, 0.3) is 0 Å². The van der Waals surface area contributed by atoms with Crippen LogP contribution in [0, 0.1) is 0 Å². The fraction of sp³-hybridized carbons (Fsp3) is 0.273. The van der Waals surface area contributed by atoms with Gasteiger partial charge in [0.2, 0.25) is 11.9 Å². The molecule has 6 nitrogen and oxygen atoms in total. The normalized spacial score (nSPS) is 13.2. The van der Waals surface area contributed by atoms with Crippen molar-refractivity contribution in [2.24, 2.45) is 0 Å². The van der Waals surface area contributed by atoms with Crippen LogP contribution in [0.1, 0.15) is 11.1 Å². The summed E-state index contributed by atoms with van der Waals surface area (Å²) < 4.78 is 5.51. The van der Waals surface area contributed by atoms with Crippen molar-refractivity contribution >= 4 is 11.9 Å². The van der Waals surface area contributed by atoms with Crippen molar-refractivity contribution in [2.75, 3.05) is 17.7 Å². The Labute approximate surface area is 98.2 Å². The number of hydrogen-bond acceptors (Lipinski definition) is 5. The van der Waals surface area contributed by atoms with Crippen molar-refractivity contribution in [2.45, 2.75) is 13.0 Å². The Morgan fingerprint density at radius 1 is 1.47 bits per heavy atom. The number of aromatic nitrogens is 3. The molecule has 0 aliphatic carbocycles. The van der Waals surface area contributed by atoms with E-state index in [0.29, 0.717) is 18.4 Å². The second kappa shape index (κ2) is 3.97. The fourth-order valence-corrected chi connectivity index (χ4v) is 1.86. The molecule has 1 aromatic carbocycles. The maximum absolute atomic E-state index is 5.51. The van der Waals surface area contributed by atoms with Crippen LogP contribution in [-0.4, -0.2) is 21.8 Å². The minimum absolute atomic E-state index is 0.310. The molecule has 0 spiro atoms. The molecule has 17 heavy (non-hydrogen) atoms. The topological polar surface area (TPSA) is 88.8 Å².